The monoisotopic (exact) mass is 682 g/mol. The van der Waals surface area contributed by atoms with Crippen LogP contribution in [0.25, 0.3) is 6.08 Å². The summed E-state index contributed by atoms with van der Waals surface area (Å²) in [6.07, 6.45) is 4.78. The fourth-order valence-corrected chi connectivity index (χ4v) is 7.06. The number of benzene rings is 3. The average Bonchev–Trinajstić information content (AvgIpc) is 3.74. The van der Waals surface area contributed by atoms with Crippen molar-refractivity contribution in [3.8, 4) is 11.5 Å². The predicted octanol–water partition coefficient (Wildman–Crippen LogP) is 5.58. The summed E-state index contributed by atoms with van der Waals surface area (Å²) in [6, 6.07) is 20.1. The Morgan fingerprint density at radius 1 is 0.957 bits per heavy atom. The second-order valence-corrected chi connectivity index (χ2v) is 12.5. The number of fused-ring (bicyclic) bond motifs is 2. The van der Waals surface area contributed by atoms with Crippen LogP contribution in [0.4, 0.5) is 5.69 Å². The number of hydrogen-bond acceptors (Lipinski definition) is 9. The molecule has 1 aliphatic carbocycles. The van der Waals surface area contributed by atoms with E-state index in [9.17, 15) is 14.4 Å². The zero-order valence-electron chi connectivity index (χ0n) is 25.2. The molecule has 3 aromatic rings. The molecule has 3 heterocycles. The molecule has 0 bridgehead atoms. The number of imide groups is 1. The maximum atomic E-state index is 14.2. The van der Waals surface area contributed by atoms with Crippen LogP contribution in [0, 0.1) is 5.92 Å². The Balaban J connectivity index is 1.19. The van der Waals surface area contributed by atoms with E-state index in [2.05, 4.69) is 32.3 Å². The lowest BCUT2D eigenvalue weighted by Crippen LogP contribution is -2.45. The van der Waals surface area contributed by atoms with Gasteiger partial charge in [0, 0.05) is 10.4 Å². The molecule has 3 aliphatic heterocycles. The summed E-state index contributed by atoms with van der Waals surface area (Å²) in [5.74, 6) is 0.194. The quantitative estimate of drug-likeness (QED) is 0.300. The van der Waals surface area contributed by atoms with Crippen LogP contribution in [-0.4, -0.2) is 66.3 Å². The third kappa shape index (κ3) is 5.26. The van der Waals surface area contributed by atoms with Gasteiger partial charge in [-0.25, -0.2) is 9.91 Å². The Kier molecular flexibility index (Phi) is 7.89. The normalized spacial score (nSPS) is 24.4. The summed E-state index contributed by atoms with van der Waals surface area (Å²) in [5, 5.41) is 16.1. The molecule has 0 radical (unpaired) electrons. The molecule has 3 amide bonds. The van der Waals surface area contributed by atoms with E-state index in [4.69, 9.17) is 14.6 Å². The number of rotatable bonds is 7. The van der Waals surface area contributed by atoms with Gasteiger partial charge in [-0.2, -0.15) is 10.2 Å². The van der Waals surface area contributed by atoms with Crippen molar-refractivity contribution < 1.29 is 23.9 Å². The van der Waals surface area contributed by atoms with Gasteiger partial charge in [0.05, 0.1) is 31.7 Å². The van der Waals surface area contributed by atoms with E-state index in [1.807, 2.05) is 54.6 Å². The summed E-state index contributed by atoms with van der Waals surface area (Å²) in [7, 11) is 3.25. The lowest BCUT2D eigenvalue weighted by atomic mass is 9.77. The summed E-state index contributed by atoms with van der Waals surface area (Å²) < 4.78 is 11.4. The number of nitrogens with zero attached hydrogens (tertiary/aromatic N) is 6. The van der Waals surface area contributed by atoms with Gasteiger partial charge in [0.15, 0.2) is 12.1 Å². The predicted molar refractivity (Wildman–Crippen MR) is 174 cm³/mol. The van der Waals surface area contributed by atoms with Crippen molar-refractivity contribution in [2.75, 3.05) is 25.7 Å². The Morgan fingerprint density at radius 2 is 1.67 bits per heavy atom. The third-order valence-electron chi connectivity index (χ3n) is 8.89. The van der Waals surface area contributed by atoms with Crippen LogP contribution < -0.4 is 14.4 Å². The van der Waals surface area contributed by atoms with Gasteiger partial charge in [0.25, 0.3) is 17.7 Å². The van der Waals surface area contributed by atoms with Gasteiger partial charge in [0.1, 0.15) is 18.0 Å². The first kappa shape index (κ1) is 29.8. The van der Waals surface area contributed by atoms with Crippen LogP contribution in [0.1, 0.15) is 36.4 Å². The first-order chi connectivity index (χ1) is 22.4. The molecule has 0 aromatic heterocycles. The number of allylic oxidation sites excluding steroid dienone is 1. The highest BCUT2D eigenvalue weighted by Gasteiger charge is 2.55. The molecule has 1 saturated carbocycles. The Labute approximate surface area is 274 Å². The summed E-state index contributed by atoms with van der Waals surface area (Å²) in [4.78, 5) is 42.1. The van der Waals surface area contributed by atoms with Gasteiger partial charge < -0.3 is 9.47 Å². The van der Waals surface area contributed by atoms with Crippen molar-refractivity contribution in [3.63, 3.8) is 0 Å². The third-order valence-corrected chi connectivity index (χ3v) is 9.39. The molecule has 1 saturated heterocycles. The SMILES string of the molecule is COc1ccc(/C=C2/CCC[C@@H]3C2=NN(C(=O)CN2N=N[C@@H]4C(=O)N(c5cccc(Br)c5)C(=O)[C@H]42)[C@@H]3c2ccc(OC)cc2)cc1. The van der Waals surface area contributed by atoms with Crippen LogP contribution >= 0.6 is 15.9 Å². The number of methoxy groups -OCH3 is 2. The van der Waals surface area contributed by atoms with Crippen LogP contribution in [0.3, 0.4) is 0 Å². The summed E-state index contributed by atoms with van der Waals surface area (Å²) in [5.41, 5.74) is 4.35. The molecule has 4 aliphatic rings. The van der Waals surface area contributed by atoms with Gasteiger partial charge in [-0.1, -0.05) is 51.5 Å². The van der Waals surface area contributed by atoms with Gasteiger partial charge in [0.2, 0.25) is 0 Å². The van der Waals surface area contributed by atoms with E-state index in [-0.39, 0.29) is 24.4 Å². The van der Waals surface area contributed by atoms with Crippen molar-refractivity contribution in [1.29, 1.82) is 0 Å². The maximum absolute atomic E-state index is 14.2. The number of hydrogen-bond donors (Lipinski definition) is 0. The minimum atomic E-state index is -1.01. The molecular formula is C34H31BrN6O5. The number of carbonyl (C=O) groups is 3. The maximum Gasteiger partial charge on any atom is 0.264 e. The van der Waals surface area contributed by atoms with Crippen molar-refractivity contribution in [3.05, 3.63) is 94.0 Å². The van der Waals surface area contributed by atoms with Crippen LogP contribution in [0.15, 0.2) is 98.3 Å². The van der Waals surface area contributed by atoms with Gasteiger partial charge >= 0.3 is 0 Å². The highest BCUT2D eigenvalue weighted by atomic mass is 79.9. The van der Waals surface area contributed by atoms with Gasteiger partial charge in [-0.05, 0) is 84.5 Å². The number of halogens is 1. The molecule has 12 heteroatoms. The lowest BCUT2D eigenvalue weighted by molar-refractivity contribution is -0.136. The molecular weight excluding hydrogens is 652 g/mol. The zero-order chi connectivity index (χ0) is 31.9. The fourth-order valence-electron chi connectivity index (χ4n) is 6.68. The van der Waals surface area contributed by atoms with Crippen molar-refractivity contribution in [1.82, 2.24) is 10.0 Å². The van der Waals surface area contributed by atoms with Gasteiger partial charge in [-0.3, -0.25) is 19.4 Å². The van der Waals surface area contributed by atoms with E-state index in [0.717, 1.165) is 56.8 Å². The van der Waals surface area contributed by atoms with Gasteiger partial charge in [-0.15, -0.1) is 0 Å². The van der Waals surface area contributed by atoms with Crippen LogP contribution in [0.5, 0.6) is 11.5 Å². The van der Waals surface area contributed by atoms with E-state index < -0.39 is 23.9 Å². The average molecular weight is 684 g/mol. The molecule has 4 atom stereocenters. The smallest absolute Gasteiger partial charge is 0.264 e. The fraction of sp³-hybridized carbons (Fsp3) is 0.294. The number of amides is 3. The molecule has 2 fully saturated rings. The van der Waals surface area contributed by atoms with Crippen molar-refractivity contribution in [2.45, 2.75) is 37.4 Å². The van der Waals surface area contributed by atoms with Crippen molar-refractivity contribution >= 4 is 51.1 Å². The zero-order valence-corrected chi connectivity index (χ0v) is 26.8. The topological polar surface area (TPSA) is 116 Å². The Bertz CT molecular complexity index is 1790. The molecule has 234 valence electrons. The van der Waals surface area contributed by atoms with E-state index in [0.29, 0.717) is 11.4 Å². The highest BCUT2D eigenvalue weighted by Crippen LogP contribution is 2.45. The lowest BCUT2D eigenvalue weighted by Gasteiger charge is -2.30. The van der Waals surface area contributed by atoms with E-state index in [1.54, 1.807) is 32.4 Å². The number of anilines is 1. The van der Waals surface area contributed by atoms with Crippen molar-refractivity contribution in [2.24, 2.45) is 21.4 Å². The first-order valence-corrected chi connectivity index (χ1v) is 15.9. The largest absolute Gasteiger partial charge is 0.497 e. The molecule has 46 heavy (non-hydrogen) atoms. The minimum Gasteiger partial charge on any atom is -0.497 e. The Morgan fingerprint density at radius 3 is 2.37 bits per heavy atom. The summed E-state index contributed by atoms with van der Waals surface area (Å²) >= 11 is 3.40. The molecule has 3 aromatic carbocycles. The Hall–Kier alpha value is -4.84. The molecule has 0 spiro atoms. The second kappa shape index (κ2) is 12.2. The molecule has 7 rings (SSSR count). The van der Waals surface area contributed by atoms with E-state index in [1.165, 1.54) is 10.0 Å². The van der Waals surface area contributed by atoms with E-state index >= 15 is 0 Å². The number of ether oxygens (including phenoxy) is 2. The summed E-state index contributed by atoms with van der Waals surface area (Å²) in [6.45, 7) is -0.260. The molecule has 11 nitrogen and oxygen atoms in total. The minimum absolute atomic E-state index is 0.0229. The number of hydrazone groups is 1. The standard InChI is InChI=1S/C34H31BrN6O5/c1-45-25-13-9-20(10-14-25)17-22-5-3-8-27-29(22)37-41(31(27)21-11-15-26(46-2)16-12-21)28(42)19-39-32-30(36-38-39)33(43)40(34(32)44)24-7-4-6-23(35)18-24/h4,6-7,9-18,27,30-32H,3,5,8,19H2,1-2H3/b22-17-/t27-,30+,31-,32+/m1/s1. The number of carbonyl (C=O) groups excluding carboxylic acids is 3. The second-order valence-electron chi connectivity index (χ2n) is 11.6. The van der Waals surface area contributed by atoms with Crippen LogP contribution in [0.2, 0.25) is 0 Å². The molecule has 0 unspecified atom stereocenters. The molecule has 0 N–H and O–H groups in total. The first-order valence-electron chi connectivity index (χ1n) is 15.1. The highest BCUT2D eigenvalue weighted by molar-refractivity contribution is 9.10. The van der Waals surface area contributed by atoms with Crippen LogP contribution in [-0.2, 0) is 14.4 Å².